The molecule has 1 atom stereocenters. The van der Waals surface area contributed by atoms with Gasteiger partial charge in [-0.25, -0.2) is 4.98 Å². The van der Waals surface area contributed by atoms with Crippen molar-refractivity contribution in [3.63, 3.8) is 0 Å². The van der Waals surface area contributed by atoms with Gasteiger partial charge in [0.1, 0.15) is 4.34 Å². The SMILES string of the molecule is O=C1CC[C@H](CNc2ccc3ncccc3c2)N1CCSc1nccs1. The lowest BCUT2D eigenvalue weighted by Gasteiger charge is -2.25. The molecule has 0 bridgehead atoms. The molecule has 3 heterocycles. The number of hydrogen-bond donors (Lipinski definition) is 1. The monoisotopic (exact) mass is 384 g/mol. The van der Waals surface area contributed by atoms with Gasteiger partial charge in [0.25, 0.3) is 0 Å². The first kappa shape index (κ1) is 17.3. The smallest absolute Gasteiger partial charge is 0.222 e. The van der Waals surface area contributed by atoms with Crippen LogP contribution in [0.15, 0.2) is 52.4 Å². The molecule has 0 radical (unpaired) electrons. The van der Waals surface area contributed by atoms with Crippen LogP contribution in [0.2, 0.25) is 0 Å². The number of hydrogen-bond acceptors (Lipinski definition) is 6. The molecular formula is C19H20N4OS2. The molecule has 1 N–H and O–H groups in total. The second-order valence-electron chi connectivity index (χ2n) is 6.22. The van der Waals surface area contributed by atoms with Crippen LogP contribution in [0.25, 0.3) is 10.9 Å². The van der Waals surface area contributed by atoms with Gasteiger partial charge in [0.2, 0.25) is 5.91 Å². The lowest BCUT2D eigenvalue weighted by atomic mass is 10.2. The van der Waals surface area contributed by atoms with Crippen molar-refractivity contribution in [1.29, 1.82) is 0 Å². The molecule has 0 aliphatic carbocycles. The number of carbonyl (C=O) groups is 1. The predicted molar refractivity (Wildman–Crippen MR) is 108 cm³/mol. The van der Waals surface area contributed by atoms with Crippen LogP contribution < -0.4 is 5.32 Å². The minimum Gasteiger partial charge on any atom is -0.383 e. The van der Waals surface area contributed by atoms with E-state index in [0.29, 0.717) is 6.42 Å². The molecule has 1 aliphatic heterocycles. The van der Waals surface area contributed by atoms with Gasteiger partial charge in [-0.3, -0.25) is 9.78 Å². The summed E-state index contributed by atoms with van der Waals surface area (Å²) in [5.41, 5.74) is 2.07. The number of nitrogens with one attached hydrogen (secondary N) is 1. The van der Waals surface area contributed by atoms with Crippen LogP contribution in [0.5, 0.6) is 0 Å². The molecule has 0 saturated carbocycles. The van der Waals surface area contributed by atoms with Crippen molar-refractivity contribution in [2.75, 3.05) is 24.2 Å². The molecule has 5 nitrogen and oxygen atoms in total. The normalized spacial score (nSPS) is 17.2. The van der Waals surface area contributed by atoms with Gasteiger partial charge in [0, 0.05) is 60.2 Å². The van der Waals surface area contributed by atoms with Crippen molar-refractivity contribution in [2.24, 2.45) is 0 Å². The summed E-state index contributed by atoms with van der Waals surface area (Å²) in [5.74, 6) is 1.15. The van der Waals surface area contributed by atoms with Crippen LogP contribution in [0.1, 0.15) is 12.8 Å². The van der Waals surface area contributed by atoms with E-state index in [-0.39, 0.29) is 11.9 Å². The Bertz CT molecular complexity index is 884. The van der Waals surface area contributed by atoms with E-state index in [2.05, 4.69) is 33.5 Å². The zero-order chi connectivity index (χ0) is 17.8. The highest BCUT2D eigenvalue weighted by atomic mass is 32.2. The Kier molecular flexibility index (Phi) is 5.36. The Balaban J connectivity index is 1.34. The highest BCUT2D eigenvalue weighted by Crippen LogP contribution is 2.24. The summed E-state index contributed by atoms with van der Waals surface area (Å²) in [6, 6.07) is 10.5. The summed E-state index contributed by atoms with van der Waals surface area (Å²) in [4.78, 5) is 22.9. The molecule has 1 fully saturated rings. The number of thioether (sulfide) groups is 1. The van der Waals surface area contributed by atoms with Crippen molar-refractivity contribution >= 4 is 45.6 Å². The zero-order valence-corrected chi connectivity index (χ0v) is 15.9. The van der Waals surface area contributed by atoms with E-state index in [1.807, 2.05) is 28.6 Å². The first-order valence-electron chi connectivity index (χ1n) is 8.70. The Labute approximate surface area is 160 Å². The molecule has 26 heavy (non-hydrogen) atoms. The average Bonchev–Trinajstić information content (AvgIpc) is 3.31. The van der Waals surface area contributed by atoms with E-state index in [4.69, 9.17) is 0 Å². The number of nitrogens with zero attached hydrogens (tertiary/aromatic N) is 3. The Morgan fingerprint density at radius 1 is 1.27 bits per heavy atom. The summed E-state index contributed by atoms with van der Waals surface area (Å²) < 4.78 is 1.07. The number of likely N-dealkylation sites (tertiary alicyclic amines) is 1. The number of carbonyl (C=O) groups excluding carboxylic acids is 1. The number of anilines is 1. The summed E-state index contributed by atoms with van der Waals surface area (Å²) in [6.07, 6.45) is 5.19. The van der Waals surface area contributed by atoms with Crippen molar-refractivity contribution in [2.45, 2.75) is 23.2 Å². The molecule has 134 valence electrons. The van der Waals surface area contributed by atoms with Crippen LogP contribution in [0.4, 0.5) is 5.69 Å². The highest BCUT2D eigenvalue weighted by molar-refractivity contribution is 8.01. The van der Waals surface area contributed by atoms with Crippen molar-refractivity contribution < 1.29 is 4.79 Å². The van der Waals surface area contributed by atoms with E-state index < -0.39 is 0 Å². The van der Waals surface area contributed by atoms with Crippen LogP contribution >= 0.6 is 23.1 Å². The van der Waals surface area contributed by atoms with Gasteiger partial charge >= 0.3 is 0 Å². The Morgan fingerprint density at radius 2 is 2.23 bits per heavy atom. The predicted octanol–water partition coefficient (Wildman–Crippen LogP) is 3.89. The van der Waals surface area contributed by atoms with Gasteiger partial charge in [-0.1, -0.05) is 17.8 Å². The summed E-state index contributed by atoms with van der Waals surface area (Å²) in [7, 11) is 0. The molecule has 3 aromatic rings. The van der Waals surface area contributed by atoms with E-state index in [1.54, 1.807) is 29.3 Å². The number of pyridine rings is 1. The maximum absolute atomic E-state index is 12.2. The number of benzene rings is 1. The Hall–Kier alpha value is -2.12. The van der Waals surface area contributed by atoms with Crippen molar-refractivity contribution in [3.05, 3.63) is 48.1 Å². The van der Waals surface area contributed by atoms with Gasteiger partial charge in [0.05, 0.1) is 5.52 Å². The van der Waals surface area contributed by atoms with Crippen molar-refractivity contribution in [1.82, 2.24) is 14.9 Å². The van der Waals surface area contributed by atoms with E-state index in [0.717, 1.165) is 46.2 Å². The van der Waals surface area contributed by atoms with Crippen LogP contribution in [-0.4, -0.2) is 45.7 Å². The molecule has 0 unspecified atom stereocenters. The van der Waals surface area contributed by atoms with Gasteiger partial charge in [0.15, 0.2) is 0 Å². The number of aromatic nitrogens is 2. The van der Waals surface area contributed by atoms with Gasteiger partial charge in [-0.2, -0.15) is 0 Å². The average molecular weight is 385 g/mol. The fraction of sp³-hybridized carbons (Fsp3) is 0.316. The van der Waals surface area contributed by atoms with Gasteiger partial charge in [-0.15, -0.1) is 11.3 Å². The fourth-order valence-corrected chi connectivity index (χ4v) is 4.89. The molecule has 4 rings (SSSR count). The molecular weight excluding hydrogens is 364 g/mol. The minimum atomic E-state index is 0.254. The molecule has 1 amide bonds. The van der Waals surface area contributed by atoms with Crippen LogP contribution in [0, 0.1) is 0 Å². The molecule has 2 aromatic heterocycles. The van der Waals surface area contributed by atoms with Crippen molar-refractivity contribution in [3.8, 4) is 0 Å². The molecule has 0 spiro atoms. The minimum absolute atomic E-state index is 0.254. The lowest BCUT2D eigenvalue weighted by Crippen LogP contribution is -2.39. The Morgan fingerprint density at radius 3 is 3.12 bits per heavy atom. The summed E-state index contributed by atoms with van der Waals surface area (Å²) >= 11 is 3.37. The topological polar surface area (TPSA) is 58.1 Å². The zero-order valence-electron chi connectivity index (χ0n) is 14.3. The first-order chi connectivity index (χ1) is 12.8. The van der Waals surface area contributed by atoms with E-state index >= 15 is 0 Å². The number of fused-ring (bicyclic) bond motifs is 1. The number of amides is 1. The molecule has 1 aliphatic rings. The summed E-state index contributed by atoms with van der Waals surface area (Å²) in [5, 5.41) is 6.60. The standard InChI is InChI=1S/C19H20N4OS2/c24-18-6-4-16(23(18)9-11-26-19-21-8-10-25-19)13-22-15-3-5-17-14(12-15)2-1-7-20-17/h1-3,5,7-8,10,12,16,22H,4,6,9,11,13H2/t16-/m1/s1. The van der Waals surface area contributed by atoms with Crippen LogP contribution in [-0.2, 0) is 4.79 Å². The lowest BCUT2D eigenvalue weighted by molar-refractivity contribution is -0.128. The molecule has 1 saturated heterocycles. The van der Waals surface area contributed by atoms with Gasteiger partial charge < -0.3 is 10.2 Å². The third kappa shape index (κ3) is 3.99. The van der Waals surface area contributed by atoms with E-state index in [1.165, 1.54) is 0 Å². The third-order valence-electron chi connectivity index (χ3n) is 4.56. The maximum atomic E-state index is 12.2. The quantitative estimate of drug-likeness (QED) is 0.627. The third-order valence-corrected chi connectivity index (χ3v) is 6.51. The molecule has 7 heteroatoms. The van der Waals surface area contributed by atoms with Gasteiger partial charge in [-0.05, 0) is 30.7 Å². The largest absolute Gasteiger partial charge is 0.383 e. The second-order valence-corrected chi connectivity index (χ2v) is 8.45. The second kappa shape index (κ2) is 8.05. The molecule has 1 aromatic carbocycles. The first-order valence-corrected chi connectivity index (χ1v) is 10.6. The highest BCUT2D eigenvalue weighted by Gasteiger charge is 2.30. The maximum Gasteiger partial charge on any atom is 0.222 e. The fourth-order valence-electron chi connectivity index (χ4n) is 3.25. The van der Waals surface area contributed by atoms with Crippen LogP contribution in [0.3, 0.4) is 0 Å². The van der Waals surface area contributed by atoms with E-state index in [9.17, 15) is 4.79 Å². The number of rotatable bonds is 7. The number of thiazole rings is 1. The summed E-state index contributed by atoms with van der Waals surface area (Å²) in [6.45, 7) is 1.55.